The van der Waals surface area contributed by atoms with Crippen LogP contribution in [0.2, 0.25) is 0 Å². The molecule has 9 heavy (non-hydrogen) atoms. The van der Waals surface area contributed by atoms with Crippen LogP contribution >= 0.6 is 0 Å². The van der Waals surface area contributed by atoms with Crippen molar-refractivity contribution < 1.29 is 9.90 Å². The SMILES string of the molecule is CC[CH][C@@](C)(O)C(N)=O. The molecule has 0 aromatic carbocycles. The van der Waals surface area contributed by atoms with E-state index in [-0.39, 0.29) is 0 Å². The molecule has 0 aliphatic rings. The number of aliphatic hydroxyl groups is 1. The molecule has 3 nitrogen and oxygen atoms in total. The summed E-state index contributed by atoms with van der Waals surface area (Å²) in [6.07, 6.45) is 2.10. The van der Waals surface area contributed by atoms with Crippen molar-refractivity contribution >= 4 is 5.91 Å². The molecule has 0 saturated heterocycles. The molecule has 53 valence electrons. The lowest BCUT2D eigenvalue weighted by Crippen LogP contribution is -2.41. The van der Waals surface area contributed by atoms with Crippen LogP contribution in [0.15, 0.2) is 0 Å². The first-order valence-electron chi connectivity index (χ1n) is 2.87. The molecular weight excluding hydrogens is 118 g/mol. The second-order valence-electron chi connectivity index (χ2n) is 2.12. The minimum atomic E-state index is -1.44. The highest BCUT2D eigenvalue weighted by atomic mass is 16.3. The average molecular weight is 130 g/mol. The minimum absolute atomic E-state index is 0.635. The summed E-state index contributed by atoms with van der Waals surface area (Å²) in [5, 5.41) is 9.06. The molecule has 1 amide bonds. The van der Waals surface area contributed by atoms with Gasteiger partial charge in [-0.05, 0) is 13.3 Å². The molecule has 3 N–H and O–H groups in total. The highest BCUT2D eigenvalue weighted by Crippen LogP contribution is 2.08. The second kappa shape index (κ2) is 2.82. The molecule has 3 heteroatoms. The van der Waals surface area contributed by atoms with E-state index >= 15 is 0 Å². The Bertz CT molecular complexity index is 110. The van der Waals surface area contributed by atoms with Crippen LogP contribution in [0, 0.1) is 6.42 Å². The summed E-state index contributed by atoms with van der Waals surface area (Å²) >= 11 is 0. The lowest BCUT2D eigenvalue weighted by atomic mass is 10.0. The van der Waals surface area contributed by atoms with E-state index in [2.05, 4.69) is 0 Å². The van der Waals surface area contributed by atoms with Gasteiger partial charge in [-0.3, -0.25) is 4.79 Å². The zero-order valence-corrected chi connectivity index (χ0v) is 5.72. The van der Waals surface area contributed by atoms with E-state index in [0.29, 0.717) is 6.42 Å². The largest absolute Gasteiger partial charge is 0.380 e. The Labute approximate surface area is 54.9 Å². The lowest BCUT2D eigenvalue weighted by molar-refractivity contribution is -0.131. The van der Waals surface area contributed by atoms with Crippen LogP contribution in [-0.2, 0) is 4.79 Å². The first-order chi connectivity index (χ1) is 4.00. The summed E-state index contributed by atoms with van der Waals surface area (Å²) in [6.45, 7) is 3.20. The van der Waals surface area contributed by atoms with Crippen molar-refractivity contribution in [2.75, 3.05) is 0 Å². The number of primary amides is 1. The summed E-state index contributed by atoms with van der Waals surface area (Å²) in [4.78, 5) is 10.4. The normalized spacial score (nSPS) is 16.8. The molecule has 0 spiro atoms. The van der Waals surface area contributed by atoms with E-state index in [0.717, 1.165) is 0 Å². The van der Waals surface area contributed by atoms with Crippen LogP contribution in [0.5, 0.6) is 0 Å². The summed E-state index contributed by atoms with van der Waals surface area (Å²) in [5.74, 6) is -0.704. The molecular formula is C6H12NO2. The summed E-state index contributed by atoms with van der Waals surface area (Å²) in [5.41, 5.74) is 3.40. The van der Waals surface area contributed by atoms with Crippen molar-refractivity contribution in [1.82, 2.24) is 0 Å². The highest BCUT2D eigenvalue weighted by Gasteiger charge is 2.25. The Morgan fingerprint density at radius 2 is 2.33 bits per heavy atom. The Hall–Kier alpha value is -0.570. The maximum absolute atomic E-state index is 10.4. The minimum Gasteiger partial charge on any atom is -0.380 e. The van der Waals surface area contributed by atoms with Gasteiger partial charge in [-0.15, -0.1) is 0 Å². The van der Waals surface area contributed by atoms with Gasteiger partial charge in [-0.1, -0.05) is 6.92 Å². The van der Waals surface area contributed by atoms with Crippen LogP contribution in [0.3, 0.4) is 0 Å². The molecule has 0 aliphatic carbocycles. The van der Waals surface area contributed by atoms with Gasteiger partial charge in [0.15, 0.2) is 0 Å². The summed E-state index contributed by atoms with van der Waals surface area (Å²) in [7, 11) is 0. The quantitative estimate of drug-likeness (QED) is 0.557. The van der Waals surface area contributed by atoms with Crippen molar-refractivity contribution in [1.29, 1.82) is 0 Å². The molecule has 0 fully saturated rings. The third kappa shape index (κ3) is 2.46. The summed E-state index contributed by atoms with van der Waals surface area (Å²) in [6, 6.07) is 0. The van der Waals surface area contributed by atoms with Crippen LogP contribution in [-0.4, -0.2) is 16.6 Å². The fourth-order valence-electron chi connectivity index (χ4n) is 0.498. The molecule has 0 saturated carbocycles. The van der Waals surface area contributed by atoms with Gasteiger partial charge in [0.2, 0.25) is 5.91 Å². The number of amides is 1. The van der Waals surface area contributed by atoms with E-state index < -0.39 is 11.5 Å². The van der Waals surface area contributed by atoms with Crippen LogP contribution < -0.4 is 5.73 Å². The van der Waals surface area contributed by atoms with Crippen molar-refractivity contribution in [3.8, 4) is 0 Å². The van der Waals surface area contributed by atoms with Gasteiger partial charge < -0.3 is 10.8 Å². The number of hydrogen-bond donors (Lipinski definition) is 2. The first-order valence-corrected chi connectivity index (χ1v) is 2.87. The molecule has 0 aromatic heterocycles. The van der Waals surface area contributed by atoms with Gasteiger partial charge in [0, 0.05) is 6.42 Å². The van der Waals surface area contributed by atoms with Gasteiger partial charge in [0.1, 0.15) is 5.60 Å². The van der Waals surface area contributed by atoms with Crippen molar-refractivity contribution in [3.05, 3.63) is 6.42 Å². The number of rotatable bonds is 3. The van der Waals surface area contributed by atoms with Gasteiger partial charge in [0.05, 0.1) is 0 Å². The Morgan fingerprint density at radius 1 is 1.89 bits per heavy atom. The molecule has 0 unspecified atom stereocenters. The predicted molar refractivity (Wildman–Crippen MR) is 34.4 cm³/mol. The summed E-state index contributed by atoms with van der Waals surface area (Å²) < 4.78 is 0. The molecule has 0 aromatic rings. The lowest BCUT2D eigenvalue weighted by Gasteiger charge is -2.16. The van der Waals surface area contributed by atoms with Crippen molar-refractivity contribution in [2.45, 2.75) is 25.9 Å². The molecule has 0 aliphatic heterocycles. The number of hydrogen-bond acceptors (Lipinski definition) is 2. The van der Waals surface area contributed by atoms with Crippen LogP contribution in [0.4, 0.5) is 0 Å². The monoisotopic (exact) mass is 130 g/mol. The average Bonchev–Trinajstić information content (AvgIpc) is 1.65. The van der Waals surface area contributed by atoms with E-state index in [1.807, 2.05) is 6.92 Å². The van der Waals surface area contributed by atoms with E-state index in [4.69, 9.17) is 10.8 Å². The molecule has 1 atom stereocenters. The molecule has 0 bridgehead atoms. The smallest absolute Gasteiger partial charge is 0.249 e. The van der Waals surface area contributed by atoms with E-state index in [1.165, 1.54) is 13.3 Å². The van der Waals surface area contributed by atoms with Crippen molar-refractivity contribution in [2.24, 2.45) is 5.73 Å². The first kappa shape index (κ1) is 8.43. The number of nitrogens with two attached hydrogens (primary N) is 1. The van der Waals surface area contributed by atoms with E-state index in [9.17, 15) is 4.79 Å². The van der Waals surface area contributed by atoms with Gasteiger partial charge >= 0.3 is 0 Å². The maximum atomic E-state index is 10.4. The fourth-order valence-corrected chi connectivity index (χ4v) is 0.498. The second-order valence-corrected chi connectivity index (χ2v) is 2.12. The van der Waals surface area contributed by atoms with Gasteiger partial charge in [0.25, 0.3) is 0 Å². The van der Waals surface area contributed by atoms with Gasteiger partial charge in [-0.25, -0.2) is 0 Å². The zero-order chi connectivity index (χ0) is 7.49. The predicted octanol–water partition coefficient (Wildman–Crippen LogP) is -0.163. The fraction of sp³-hybridized carbons (Fsp3) is 0.667. The van der Waals surface area contributed by atoms with Crippen LogP contribution in [0.1, 0.15) is 20.3 Å². The Kier molecular flexibility index (Phi) is 2.65. The molecule has 0 rings (SSSR count). The van der Waals surface area contributed by atoms with Crippen molar-refractivity contribution in [3.63, 3.8) is 0 Å². The molecule has 0 heterocycles. The third-order valence-electron chi connectivity index (χ3n) is 1.10. The maximum Gasteiger partial charge on any atom is 0.249 e. The Morgan fingerprint density at radius 3 is 2.44 bits per heavy atom. The molecule has 1 radical (unpaired) electrons. The third-order valence-corrected chi connectivity index (χ3v) is 1.10. The Balaban J connectivity index is 3.85. The van der Waals surface area contributed by atoms with E-state index in [1.54, 1.807) is 0 Å². The highest BCUT2D eigenvalue weighted by molar-refractivity contribution is 5.84. The topological polar surface area (TPSA) is 63.3 Å². The standard InChI is InChI=1S/C6H12NO2/c1-3-4-6(2,9)5(7)8/h4,9H,3H2,1-2H3,(H2,7,8)/t6-/m1/s1. The zero-order valence-electron chi connectivity index (χ0n) is 5.72. The van der Waals surface area contributed by atoms with Gasteiger partial charge in [-0.2, -0.15) is 0 Å². The number of carbonyl (C=O) groups excluding carboxylic acids is 1. The number of carbonyl (C=O) groups is 1. The van der Waals surface area contributed by atoms with Crippen LogP contribution in [0.25, 0.3) is 0 Å².